The monoisotopic (exact) mass is 768 g/mol. The molecule has 0 aliphatic heterocycles. The van der Waals surface area contributed by atoms with E-state index in [0.717, 1.165) is 82.8 Å². The van der Waals surface area contributed by atoms with Gasteiger partial charge in [-0.05, 0) is 68.4 Å². The van der Waals surface area contributed by atoms with E-state index in [2.05, 4.69) is 138 Å². The molecule has 0 bridgehead atoms. The second-order valence-corrected chi connectivity index (χ2v) is 15.3. The molecule has 11 rings (SSSR count). The lowest BCUT2D eigenvalue weighted by molar-refractivity contribution is 1.07. The maximum absolute atomic E-state index is 11.2. The van der Waals surface area contributed by atoms with Gasteiger partial charge in [-0.3, -0.25) is 0 Å². The number of para-hydroxylation sites is 2. The predicted octanol–water partition coefficient (Wildman–Crippen LogP) is 13.2. The molecule has 0 saturated carbocycles. The van der Waals surface area contributed by atoms with Crippen LogP contribution < -0.4 is 0 Å². The van der Waals surface area contributed by atoms with Crippen LogP contribution in [0.15, 0.2) is 182 Å². The highest BCUT2D eigenvalue weighted by molar-refractivity contribution is 6.12. The van der Waals surface area contributed by atoms with Gasteiger partial charge in [0.15, 0.2) is 17.5 Å². The van der Waals surface area contributed by atoms with Crippen molar-refractivity contribution in [1.82, 2.24) is 24.1 Å². The number of aryl methyl sites for hydroxylation is 2. The van der Waals surface area contributed by atoms with Crippen LogP contribution in [0, 0.1) is 25.2 Å². The largest absolute Gasteiger partial charge is 0.309 e. The molecule has 0 radical (unpaired) electrons. The van der Waals surface area contributed by atoms with Gasteiger partial charge in [-0.15, -0.1) is 0 Å². The molecule has 8 aromatic carbocycles. The van der Waals surface area contributed by atoms with E-state index in [1.54, 1.807) is 0 Å². The van der Waals surface area contributed by atoms with Gasteiger partial charge in [-0.2, -0.15) is 5.26 Å². The summed E-state index contributed by atoms with van der Waals surface area (Å²) < 4.78 is 4.65. The zero-order valence-corrected chi connectivity index (χ0v) is 33.0. The molecule has 0 spiro atoms. The molecule has 60 heavy (non-hydrogen) atoms. The summed E-state index contributed by atoms with van der Waals surface area (Å²) in [5.41, 5.74) is 13.1. The molecule has 0 fully saturated rings. The number of rotatable bonds is 6. The standard InChI is InChI=1S/C54H36N6/c1-34-27-29-46-42(31-34)39-20-9-11-23-44(39)59(46)48-25-13-19-38(33-55)50(48)51-41(54-57-52(36-15-5-3-6-16-36)56-53(58-54)37-17-7-4-8-18-37)22-14-26-49(51)60-45-24-12-10-21-40(45)43-32-35(2)28-30-47(43)60/h3-32H,1-2H3. The molecule has 282 valence electrons. The van der Waals surface area contributed by atoms with Crippen molar-refractivity contribution >= 4 is 43.6 Å². The Balaban J connectivity index is 1.32. The van der Waals surface area contributed by atoms with Crippen LogP contribution in [0.25, 0.3) is 100 Å². The molecule has 0 saturated heterocycles. The van der Waals surface area contributed by atoms with Crippen molar-refractivity contribution < 1.29 is 0 Å². The molecule has 11 aromatic rings. The summed E-state index contributed by atoms with van der Waals surface area (Å²) in [5, 5.41) is 15.8. The van der Waals surface area contributed by atoms with Gasteiger partial charge in [0.25, 0.3) is 0 Å². The highest BCUT2D eigenvalue weighted by Gasteiger charge is 2.27. The second kappa shape index (κ2) is 14.1. The fourth-order valence-corrected chi connectivity index (χ4v) is 8.88. The molecule has 0 N–H and O–H groups in total. The molecule has 6 nitrogen and oxygen atoms in total. The summed E-state index contributed by atoms with van der Waals surface area (Å²) in [5.74, 6) is 1.64. The third kappa shape index (κ3) is 5.59. The van der Waals surface area contributed by atoms with Gasteiger partial charge in [-0.1, -0.05) is 139 Å². The van der Waals surface area contributed by atoms with Crippen LogP contribution in [0.3, 0.4) is 0 Å². The van der Waals surface area contributed by atoms with E-state index in [4.69, 9.17) is 15.0 Å². The third-order valence-electron chi connectivity index (χ3n) is 11.5. The van der Waals surface area contributed by atoms with E-state index in [9.17, 15) is 5.26 Å². The average Bonchev–Trinajstić information content (AvgIpc) is 3.80. The summed E-state index contributed by atoms with van der Waals surface area (Å²) in [6, 6.07) is 65.4. The maximum Gasteiger partial charge on any atom is 0.164 e. The summed E-state index contributed by atoms with van der Waals surface area (Å²) in [7, 11) is 0. The van der Waals surface area contributed by atoms with Crippen LogP contribution in [0.4, 0.5) is 0 Å². The van der Waals surface area contributed by atoms with E-state index in [-0.39, 0.29) is 0 Å². The average molecular weight is 769 g/mol. The maximum atomic E-state index is 11.2. The van der Waals surface area contributed by atoms with Gasteiger partial charge in [0.1, 0.15) is 0 Å². The first-order valence-electron chi connectivity index (χ1n) is 20.1. The van der Waals surface area contributed by atoms with Crippen LogP contribution in [-0.2, 0) is 0 Å². The van der Waals surface area contributed by atoms with Crippen molar-refractivity contribution in [2.45, 2.75) is 13.8 Å². The zero-order chi connectivity index (χ0) is 40.3. The zero-order valence-electron chi connectivity index (χ0n) is 33.0. The fourth-order valence-electron chi connectivity index (χ4n) is 8.88. The van der Waals surface area contributed by atoms with E-state index in [1.165, 1.54) is 11.1 Å². The first-order valence-corrected chi connectivity index (χ1v) is 20.1. The number of fused-ring (bicyclic) bond motifs is 6. The molecule has 6 heteroatoms. The highest BCUT2D eigenvalue weighted by Crippen LogP contribution is 2.46. The number of nitrogens with zero attached hydrogens (tertiary/aromatic N) is 6. The Morgan fingerprint density at radius 1 is 0.400 bits per heavy atom. The Kier molecular flexibility index (Phi) is 8.21. The smallest absolute Gasteiger partial charge is 0.164 e. The quantitative estimate of drug-likeness (QED) is 0.169. The lowest BCUT2D eigenvalue weighted by Crippen LogP contribution is -2.07. The van der Waals surface area contributed by atoms with Crippen molar-refractivity contribution in [3.8, 4) is 62.7 Å². The SMILES string of the molecule is Cc1ccc2c(c1)c1ccccc1n2-c1cccc(C#N)c1-c1c(-c2nc(-c3ccccc3)nc(-c3ccccc3)n2)cccc1-n1c2ccccc2c2cc(C)ccc21. The molecule has 0 aliphatic rings. The Labute approximate surface area is 346 Å². The van der Waals surface area contributed by atoms with Gasteiger partial charge < -0.3 is 9.13 Å². The molecule has 3 heterocycles. The number of nitriles is 1. The molecule has 0 amide bonds. The molecular formula is C54H36N6. The second-order valence-electron chi connectivity index (χ2n) is 15.3. The third-order valence-corrected chi connectivity index (χ3v) is 11.5. The fraction of sp³-hybridized carbons (Fsp3) is 0.0370. The molecule has 3 aromatic heterocycles. The Morgan fingerprint density at radius 3 is 1.38 bits per heavy atom. The normalized spacial score (nSPS) is 11.5. The van der Waals surface area contributed by atoms with Crippen LogP contribution in [-0.4, -0.2) is 24.1 Å². The van der Waals surface area contributed by atoms with Gasteiger partial charge in [0.2, 0.25) is 0 Å². The first-order chi connectivity index (χ1) is 29.6. The number of aromatic nitrogens is 5. The van der Waals surface area contributed by atoms with Gasteiger partial charge >= 0.3 is 0 Å². The summed E-state index contributed by atoms with van der Waals surface area (Å²) in [6.45, 7) is 4.26. The van der Waals surface area contributed by atoms with Crippen LogP contribution >= 0.6 is 0 Å². The lowest BCUT2D eigenvalue weighted by Gasteiger charge is -2.22. The predicted molar refractivity (Wildman–Crippen MR) is 244 cm³/mol. The Morgan fingerprint density at radius 2 is 0.850 bits per heavy atom. The van der Waals surface area contributed by atoms with Gasteiger partial charge in [-0.25, -0.2) is 15.0 Å². The summed E-state index contributed by atoms with van der Waals surface area (Å²) >= 11 is 0. The van der Waals surface area contributed by atoms with Crippen molar-refractivity contribution in [2.24, 2.45) is 0 Å². The lowest BCUT2D eigenvalue weighted by atomic mass is 9.91. The number of hydrogen-bond donors (Lipinski definition) is 0. The van der Waals surface area contributed by atoms with Gasteiger partial charge in [0.05, 0.1) is 45.1 Å². The minimum Gasteiger partial charge on any atom is -0.309 e. The van der Waals surface area contributed by atoms with Crippen molar-refractivity contribution in [3.63, 3.8) is 0 Å². The first kappa shape index (κ1) is 35.1. The Bertz CT molecular complexity index is 3460. The van der Waals surface area contributed by atoms with Crippen molar-refractivity contribution in [2.75, 3.05) is 0 Å². The van der Waals surface area contributed by atoms with Crippen molar-refractivity contribution in [1.29, 1.82) is 5.26 Å². The Hall–Kier alpha value is -8.14. The van der Waals surface area contributed by atoms with Crippen molar-refractivity contribution in [3.05, 3.63) is 199 Å². The van der Waals surface area contributed by atoms with E-state index >= 15 is 0 Å². The number of hydrogen-bond acceptors (Lipinski definition) is 4. The molecule has 0 unspecified atom stereocenters. The van der Waals surface area contributed by atoms with Crippen LogP contribution in [0.2, 0.25) is 0 Å². The molecule has 0 aliphatic carbocycles. The minimum absolute atomic E-state index is 0.507. The van der Waals surface area contributed by atoms with E-state index < -0.39 is 0 Å². The summed E-state index contributed by atoms with van der Waals surface area (Å²) in [6.07, 6.45) is 0. The topological polar surface area (TPSA) is 72.3 Å². The molecular weight excluding hydrogens is 733 g/mol. The minimum atomic E-state index is 0.507. The van der Waals surface area contributed by atoms with Gasteiger partial charge in [0, 0.05) is 49.4 Å². The van der Waals surface area contributed by atoms with Crippen LogP contribution in [0.5, 0.6) is 0 Å². The van der Waals surface area contributed by atoms with E-state index in [0.29, 0.717) is 23.0 Å². The van der Waals surface area contributed by atoms with Crippen LogP contribution in [0.1, 0.15) is 16.7 Å². The number of benzene rings is 8. The molecule has 0 atom stereocenters. The highest BCUT2D eigenvalue weighted by atomic mass is 15.0. The van der Waals surface area contributed by atoms with E-state index in [1.807, 2.05) is 72.8 Å². The summed E-state index contributed by atoms with van der Waals surface area (Å²) in [4.78, 5) is 15.6.